The van der Waals surface area contributed by atoms with Crippen LogP contribution in [-0.4, -0.2) is 193 Å². The van der Waals surface area contributed by atoms with Gasteiger partial charge >= 0.3 is 0 Å². The first-order valence-corrected chi connectivity index (χ1v) is 36.0. The highest BCUT2D eigenvalue weighted by Crippen LogP contribution is 2.33. The molecule has 0 radical (unpaired) electrons. The van der Waals surface area contributed by atoms with Crippen LogP contribution in [0.1, 0.15) is 232 Å². The Morgan fingerprint density at radius 2 is 0.753 bits per heavy atom. The number of hydrogen-bond acceptors (Lipinski definition) is 18. The van der Waals surface area contributed by atoms with Gasteiger partial charge in [0.15, 0.2) is 18.9 Å². The molecule has 0 aromatic rings. The molecule has 0 aliphatic carbocycles. The molecule has 17 unspecified atom stereocenters. The smallest absolute Gasteiger partial charge is 0.220 e. The van der Waals surface area contributed by atoms with Gasteiger partial charge in [0.2, 0.25) is 5.91 Å². The van der Waals surface area contributed by atoms with Crippen molar-refractivity contribution >= 4 is 5.91 Å². The SMILES string of the molecule is CC/C=C\C/C=C\C/C=C\C/C=C\C/C=C\C/C=C\CCCCCCCCCCCCC(=O)NC(COC1OC(CO)C(OC2OC(CO)C(OC3OC(CO)C(O)C(O)C3O)C(O)C2O)C(O)C1O)C(O)/C=C/CC/C=C/CCCCCCCCCCCCCCC. The van der Waals surface area contributed by atoms with Crippen LogP contribution in [0, 0.1) is 0 Å². The largest absolute Gasteiger partial charge is 0.394 e. The lowest BCUT2D eigenvalue weighted by molar-refractivity contribution is -0.379. The van der Waals surface area contributed by atoms with Gasteiger partial charge in [0.05, 0.1) is 38.6 Å². The number of ether oxygens (including phenoxy) is 6. The van der Waals surface area contributed by atoms with Crippen LogP contribution in [0.2, 0.25) is 0 Å². The number of rotatable bonds is 54. The molecule has 12 N–H and O–H groups in total. The van der Waals surface area contributed by atoms with E-state index in [-0.39, 0.29) is 18.9 Å². The Morgan fingerprint density at radius 3 is 1.20 bits per heavy atom. The van der Waals surface area contributed by atoms with Crippen LogP contribution in [0.5, 0.6) is 0 Å². The molecule has 93 heavy (non-hydrogen) atoms. The Labute approximate surface area is 558 Å². The van der Waals surface area contributed by atoms with E-state index in [2.05, 4.69) is 104 Å². The van der Waals surface area contributed by atoms with Gasteiger partial charge in [0.1, 0.15) is 73.2 Å². The zero-order chi connectivity index (χ0) is 67.5. The van der Waals surface area contributed by atoms with Crippen LogP contribution < -0.4 is 5.32 Å². The highest BCUT2D eigenvalue weighted by Gasteiger charge is 2.53. The summed E-state index contributed by atoms with van der Waals surface area (Å²) in [5, 5.41) is 121. The van der Waals surface area contributed by atoms with Crippen molar-refractivity contribution in [2.45, 2.75) is 336 Å². The summed E-state index contributed by atoms with van der Waals surface area (Å²) in [7, 11) is 0. The Morgan fingerprint density at radius 1 is 0.398 bits per heavy atom. The maximum Gasteiger partial charge on any atom is 0.220 e. The molecule has 0 bridgehead atoms. The second kappa shape index (κ2) is 54.7. The molecule has 1 amide bonds. The quantitative estimate of drug-likeness (QED) is 0.0199. The van der Waals surface area contributed by atoms with E-state index >= 15 is 0 Å². The van der Waals surface area contributed by atoms with Gasteiger partial charge in [0, 0.05) is 6.42 Å². The number of allylic oxidation sites excluding steroid dienone is 15. The lowest BCUT2D eigenvalue weighted by Crippen LogP contribution is -2.66. The lowest BCUT2D eigenvalue weighted by Gasteiger charge is -2.48. The van der Waals surface area contributed by atoms with E-state index in [0.29, 0.717) is 12.8 Å². The molecule has 3 saturated heterocycles. The molecular weight excluding hydrogens is 1190 g/mol. The third-order valence-corrected chi connectivity index (χ3v) is 17.4. The van der Waals surface area contributed by atoms with Crippen molar-refractivity contribution in [1.29, 1.82) is 0 Å². The predicted molar refractivity (Wildman–Crippen MR) is 364 cm³/mol. The van der Waals surface area contributed by atoms with Crippen LogP contribution in [-0.2, 0) is 33.2 Å². The molecule has 3 aliphatic rings. The summed E-state index contributed by atoms with van der Waals surface area (Å²) in [6.07, 6.45) is 45.2. The molecule has 0 saturated carbocycles. The zero-order valence-electron chi connectivity index (χ0n) is 56.7. The summed E-state index contributed by atoms with van der Waals surface area (Å²) in [6.45, 7) is 1.60. The Kier molecular flexibility index (Phi) is 49.4. The Bertz CT molecular complexity index is 2060. The van der Waals surface area contributed by atoms with Gasteiger partial charge in [-0.3, -0.25) is 4.79 Å². The average Bonchev–Trinajstić information content (AvgIpc) is 1.00. The highest BCUT2D eigenvalue weighted by atomic mass is 16.8. The first-order valence-electron chi connectivity index (χ1n) is 36.0. The van der Waals surface area contributed by atoms with Gasteiger partial charge in [-0.1, -0.05) is 239 Å². The van der Waals surface area contributed by atoms with E-state index < -0.39 is 124 Å². The van der Waals surface area contributed by atoms with E-state index in [1.54, 1.807) is 6.08 Å². The third kappa shape index (κ3) is 36.2. The number of amides is 1. The molecule has 0 aromatic heterocycles. The fraction of sp³-hybridized carbons (Fsp3) is 0.770. The third-order valence-electron chi connectivity index (χ3n) is 17.4. The summed E-state index contributed by atoms with van der Waals surface area (Å²) in [6, 6.07) is -0.999. The van der Waals surface area contributed by atoms with Crippen molar-refractivity contribution in [3.63, 3.8) is 0 Å². The van der Waals surface area contributed by atoms with E-state index in [1.165, 1.54) is 109 Å². The molecule has 3 heterocycles. The second-order valence-electron chi connectivity index (χ2n) is 25.3. The molecule has 3 fully saturated rings. The summed E-state index contributed by atoms with van der Waals surface area (Å²) < 4.78 is 34.3. The van der Waals surface area contributed by atoms with Crippen LogP contribution >= 0.6 is 0 Å². The molecule has 19 heteroatoms. The number of carbonyl (C=O) groups excluding carboxylic acids is 1. The van der Waals surface area contributed by atoms with Gasteiger partial charge in [-0.2, -0.15) is 0 Å². The van der Waals surface area contributed by atoms with Crippen LogP contribution in [0.25, 0.3) is 0 Å². The Balaban J connectivity index is 1.43. The number of nitrogens with one attached hydrogen (secondary N) is 1. The van der Waals surface area contributed by atoms with Gasteiger partial charge in [0.25, 0.3) is 0 Å². The maximum absolute atomic E-state index is 13.4. The summed E-state index contributed by atoms with van der Waals surface area (Å²) in [5.41, 5.74) is 0. The fourth-order valence-corrected chi connectivity index (χ4v) is 11.6. The molecule has 19 nitrogen and oxygen atoms in total. The lowest BCUT2D eigenvalue weighted by atomic mass is 9.96. The van der Waals surface area contributed by atoms with Crippen molar-refractivity contribution < 1.29 is 89.4 Å². The number of carbonyl (C=O) groups is 1. The summed E-state index contributed by atoms with van der Waals surface area (Å²) in [4.78, 5) is 13.4. The van der Waals surface area contributed by atoms with E-state index in [1.807, 2.05) is 6.08 Å². The monoisotopic (exact) mass is 1320 g/mol. The molecule has 0 spiro atoms. The minimum atomic E-state index is -1.99. The number of aliphatic hydroxyl groups excluding tert-OH is 11. The summed E-state index contributed by atoms with van der Waals surface area (Å²) >= 11 is 0. The molecule has 17 atom stereocenters. The Hall–Kier alpha value is -3.29. The van der Waals surface area contributed by atoms with Gasteiger partial charge in [-0.15, -0.1) is 0 Å². The zero-order valence-corrected chi connectivity index (χ0v) is 56.7. The van der Waals surface area contributed by atoms with Crippen LogP contribution in [0.15, 0.2) is 97.2 Å². The first kappa shape index (κ1) is 83.9. The van der Waals surface area contributed by atoms with E-state index in [4.69, 9.17) is 28.4 Å². The van der Waals surface area contributed by atoms with Crippen LogP contribution in [0.4, 0.5) is 0 Å². The minimum Gasteiger partial charge on any atom is -0.394 e. The molecule has 3 rings (SSSR count). The fourth-order valence-electron chi connectivity index (χ4n) is 11.6. The molecular formula is C74H127NO18. The van der Waals surface area contributed by atoms with E-state index in [0.717, 1.165) is 89.9 Å². The minimum absolute atomic E-state index is 0.224. The molecule has 0 aromatic carbocycles. The van der Waals surface area contributed by atoms with Crippen molar-refractivity contribution in [2.75, 3.05) is 26.4 Å². The van der Waals surface area contributed by atoms with Gasteiger partial charge < -0.3 is 89.9 Å². The van der Waals surface area contributed by atoms with Crippen LogP contribution in [0.3, 0.4) is 0 Å². The molecule has 536 valence electrons. The predicted octanol–water partition coefficient (Wildman–Crippen LogP) is 10.0. The average molecular weight is 1320 g/mol. The van der Waals surface area contributed by atoms with Crippen molar-refractivity contribution in [1.82, 2.24) is 5.32 Å². The number of hydrogen-bond donors (Lipinski definition) is 12. The second-order valence-corrected chi connectivity index (χ2v) is 25.3. The normalized spacial score (nSPS) is 28.1. The van der Waals surface area contributed by atoms with Crippen molar-refractivity contribution in [2.24, 2.45) is 0 Å². The first-order chi connectivity index (χ1) is 45.3. The standard InChI is InChI=1S/C74H127NO18/c1-3-5-7-9-11-13-15-17-19-21-23-24-25-26-27-28-29-30-31-32-34-36-38-40-42-44-46-48-50-52-62(80)75-57(58(79)51-49-47-45-43-41-39-37-35-33-22-20-18-16-14-12-10-8-6-4-2)56-88-72-68(86)65(83)70(60(54-77)90-72)93-74-69(87)66(84)71(61(55-78)91-74)92-73-67(85)64(82)63(81)59(53-76)89-73/h5,7,11,13,17,19,23-24,26-27,29-30,41,43,49,51,57-61,63-74,76-79,81-87H,3-4,6,8-10,12,14-16,18,20-22,25,28,31-40,42,44-48,50,52-56H2,1-2H3,(H,75,80)/b7-5-,13-11-,19-17-,24-23-,27-26-,30-29-,43-41+,51-49+. The maximum atomic E-state index is 13.4. The van der Waals surface area contributed by atoms with Gasteiger partial charge in [-0.05, 0) is 83.5 Å². The molecule has 3 aliphatic heterocycles. The summed E-state index contributed by atoms with van der Waals surface area (Å²) in [5.74, 6) is -0.293. The number of aliphatic hydroxyl groups is 11. The topological polar surface area (TPSA) is 307 Å². The van der Waals surface area contributed by atoms with E-state index in [9.17, 15) is 61.0 Å². The van der Waals surface area contributed by atoms with Gasteiger partial charge in [-0.25, -0.2) is 0 Å². The van der Waals surface area contributed by atoms with Crippen molar-refractivity contribution in [3.8, 4) is 0 Å². The van der Waals surface area contributed by atoms with Crippen molar-refractivity contribution in [3.05, 3.63) is 97.2 Å². The highest BCUT2D eigenvalue weighted by molar-refractivity contribution is 5.76. The number of unbranched alkanes of at least 4 members (excludes halogenated alkanes) is 24.